The van der Waals surface area contributed by atoms with E-state index >= 15 is 0 Å². The number of ether oxygens (including phenoxy) is 1. The number of quaternary nitrogens is 1. The van der Waals surface area contributed by atoms with Crippen LogP contribution in [0.5, 0.6) is 0 Å². The molecule has 2 unspecified atom stereocenters. The number of nitrogens with zero attached hydrogens (tertiary/aromatic N) is 1. The summed E-state index contributed by atoms with van der Waals surface area (Å²) in [6, 6.07) is 0.211. The van der Waals surface area contributed by atoms with Crippen molar-refractivity contribution >= 4 is 6.41 Å². The monoisotopic (exact) mass is 188 g/mol. The first-order chi connectivity index (χ1) is 5.86. The molecule has 1 amide bonds. The molecule has 0 N–H and O–H groups in total. The molecule has 0 radical (unpaired) electrons. The summed E-state index contributed by atoms with van der Waals surface area (Å²) in [5, 5.41) is 0. The molecule has 2 atom stereocenters. The Morgan fingerprint density at radius 1 is 1.23 bits per heavy atom. The number of hydrogen-bond donors (Lipinski definition) is 0. The summed E-state index contributed by atoms with van der Waals surface area (Å²) < 4.78 is 5.64. The highest BCUT2D eigenvalue weighted by atomic mass is 16.5. The van der Waals surface area contributed by atoms with E-state index < -0.39 is 0 Å². The maximum Gasteiger partial charge on any atom is 0.301 e. The third-order valence-corrected chi connectivity index (χ3v) is 2.58. The summed E-state index contributed by atoms with van der Waals surface area (Å²) in [6.07, 6.45) is 1.07. The first-order valence-corrected chi connectivity index (χ1v) is 4.69. The Morgan fingerprint density at radius 2 is 1.69 bits per heavy atom. The maximum atomic E-state index is 10.9. The summed E-state index contributed by atoms with van der Waals surface area (Å²) in [5.41, 5.74) is 0. The molecule has 0 aliphatic rings. The largest absolute Gasteiger partial charge is 0.376 e. The van der Waals surface area contributed by atoms with Crippen LogP contribution < -0.4 is 0 Å². The Balaban J connectivity index is 4.69. The van der Waals surface area contributed by atoms with Gasteiger partial charge in [0, 0.05) is 13.0 Å². The lowest BCUT2D eigenvalue weighted by Crippen LogP contribution is -2.55. The van der Waals surface area contributed by atoms with E-state index in [1.54, 1.807) is 7.11 Å². The molecule has 0 saturated carbocycles. The normalized spacial score (nSPS) is 17.2. The number of rotatable bonds is 5. The number of amides is 1. The highest BCUT2D eigenvalue weighted by Crippen LogP contribution is 2.19. The molecule has 0 rings (SSSR count). The quantitative estimate of drug-likeness (QED) is 0.480. The van der Waals surface area contributed by atoms with Crippen LogP contribution in [0.2, 0.25) is 0 Å². The van der Waals surface area contributed by atoms with Crippen LogP contribution in [-0.2, 0) is 9.53 Å². The van der Waals surface area contributed by atoms with E-state index in [0.29, 0.717) is 10.4 Å². The predicted octanol–water partition coefficient (Wildman–Crippen LogP) is 1.28. The van der Waals surface area contributed by atoms with E-state index in [-0.39, 0.29) is 12.1 Å². The predicted molar refractivity (Wildman–Crippen MR) is 53.3 cm³/mol. The average molecular weight is 188 g/mol. The van der Waals surface area contributed by atoms with Crippen LogP contribution in [0.4, 0.5) is 0 Å². The average Bonchev–Trinajstić information content (AvgIpc) is 2.03. The van der Waals surface area contributed by atoms with Gasteiger partial charge >= 0.3 is 6.41 Å². The molecule has 0 fully saturated rings. The summed E-state index contributed by atoms with van der Waals surface area (Å²) in [6.45, 7) is 6.24. The fourth-order valence-electron chi connectivity index (χ4n) is 2.06. The Kier molecular flexibility index (Phi) is 4.57. The zero-order valence-corrected chi connectivity index (χ0v) is 9.57. The van der Waals surface area contributed by atoms with Crippen molar-refractivity contribution in [2.45, 2.75) is 32.9 Å². The second kappa shape index (κ2) is 4.72. The Labute approximate surface area is 81.3 Å². The topological polar surface area (TPSA) is 26.3 Å². The van der Waals surface area contributed by atoms with E-state index in [1.807, 2.05) is 21.0 Å². The highest BCUT2D eigenvalue weighted by Gasteiger charge is 2.35. The van der Waals surface area contributed by atoms with Gasteiger partial charge in [0.2, 0.25) is 0 Å². The number of likely N-dealkylation sites (N-methyl/N-ethyl adjacent to an activating group) is 1. The second-order valence-corrected chi connectivity index (χ2v) is 4.41. The van der Waals surface area contributed by atoms with Gasteiger partial charge in [0.25, 0.3) is 0 Å². The van der Waals surface area contributed by atoms with Gasteiger partial charge in [-0.1, -0.05) is 13.8 Å². The molecular formula is C10H22NO2+. The molecule has 0 aromatic carbocycles. The smallest absolute Gasteiger partial charge is 0.301 e. The van der Waals surface area contributed by atoms with Crippen molar-refractivity contribution in [2.75, 3.05) is 21.2 Å². The standard InChI is InChI=1S/C10H22NO2/c1-8(2)10(9(3)13-6)11(4,5)7-12/h7-10H,1-6H3/q+1. The van der Waals surface area contributed by atoms with Crippen molar-refractivity contribution in [3.05, 3.63) is 0 Å². The molecule has 0 aromatic heterocycles. The van der Waals surface area contributed by atoms with Gasteiger partial charge in [-0.05, 0) is 6.92 Å². The summed E-state index contributed by atoms with van der Waals surface area (Å²) >= 11 is 0. The summed E-state index contributed by atoms with van der Waals surface area (Å²) in [7, 11) is 5.51. The molecule has 78 valence electrons. The third kappa shape index (κ3) is 3.08. The van der Waals surface area contributed by atoms with Crippen LogP contribution in [-0.4, -0.2) is 44.2 Å². The Morgan fingerprint density at radius 3 is 1.92 bits per heavy atom. The van der Waals surface area contributed by atoms with Crippen LogP contribution in [0.1, 0.15) is 20.8 Å². The van der Waals surface area contributed by atoms with Crippen molar-refractivity contribution in [2.24, 2.45) is 5.92 Å². The minimum absolute atomic E-state index is 0.0974. The van der Waals surface area contributed by atoms with Gasteiger partial charge in [-0.15, -0.1) is 0 Å². The van der Waals surface area contributed by atoms with Crippen molar-refractivity contribution in [3.8, 4) is 0 Å². The van der Waals surface area contributed by atoms with E-state index in [2.05, 4.69) is 13.8 Å². The van der Waals surface area contributed by atoms with Gasteiger partial charge in [-0.3, -0.25) is 4.48 Å². The second-order valence-electron chi connectivity index (χ2n) is 4.41. The fraction of sp³-hybridized carbons (Fsp3) is 0.900. The van der Waals surface area contributed by atoms with Crippen LogP contribution >= 0.6 is 0 Å². The SMILES string of the molecule is COC(C)C(C(C)C)[N+](C)(C)C=O. The highest BCUT2D eigenvalue weighted by molar-refractivity contribution is 5.37. The molecule has 3 nitrogen and oxygen atoms in total. The van der Waals surface area contributed by atoms with Crippen LogP contribution in [0.3, 0.4) is 0 Å². The van der Waals surface area contributed by atoms with Gasteiger partial charge in [0.15, 0.2) is 0 Å². The minimum Gasteiger partial charge on any atom is -0.376 e. The number of methoxy groups -OCH3 is 1. The van der Waals surface area contributed by atoms with Crippen molar-refractivity contribution < 1.29 is 14.0 Å². The van der Waals surface area contributed by atoms with Gasteiger partial charge in [0.1, 0.15) is 12.1 Å². The van der Waals surface area contributed by atoms with E-state index in [4.69, 9.17) is 4.74 Å². The van der Waals surface area contributed by atoms with Crippen LogP contribution in [0.25, 0.3) is 0 Å². The van der Waals surface area contributed by atoms with Crippen molar-refractivity contribution in [1.29, 1.82) is 0 Å². The molecule has 0 saturated heterocycles. The van der Waals surface area contributed by atoms with Gasteiger partial charge < -0.3 is 4.74 Å². The van der Waals surface area contributed by atoms with E-state index in [0.717, 1.165) is 6.41 Å². The number of carbonyl (C=O) groups is 1. The van der Waals surface area contributed by atoms with Crippen LogP contribution in [0.15, 0.2) is 0 Å². The third-order valence-electron chi connectivity index (χ3n) is 2.58. The molecule has 0 aliphatic heterocycles. The number of carbonyl (C=O) groups excluding carboxylic acids is 1. The molecule has 13 heavy (non-hydrogen) atoms. The van der Waals surface area contributed by atoms with E-state index in [9.17, 15) is 4.79 Å². The first-order valence-electron chi connectivity index (χ1n) is 4.69. The minimum atomic E-state index is 0.0974. The van der Waals surface area contributed by atoms with Crippen molar-refractivity contribution in [1.82, 2.24) is 0 Å². The van der Waals surface area contributed by atoms with Crippen LogP contribution in [0, 0.1) is 5.92 Å². The maximum absolute atomic E-state index is 10.9. The van der Waals surface area contributed by atoms with E-state index in [1.165, 1.54) is 0 Å². The fourth-order valence-corrected chi connectivity index (χ4v) is 2.06. The summed E-state index contributed by atoms with van der Waals surface area (Å²) in [4.78, 5) is 10.9. The molecule has 0 aromatic rings. The first kappa shape index (κ1) is 12.6. The Hall–Kier alpha value is -0.410. The zero-order chi connectivity index (χ0) is 10.6. The lowest BCUT2D eigenvalue weighted by Gasteiger charge is -2.37. The molecule has 0 bridgehead atoms. The molecule has 3 heteroatoms. The van der Waals surface area contributed by atoms with Gasteiger partial charge in [-0.2, -0.15) is 0 Å². The lowest BCUT2D eigenvalue weighted by molar-refractivity contribution is -0.840. The van der Waals surface area contributed by atoms with Crippen molar-refractivity contribution in [3.63, 3.8) is 0 Å². The molecule has 0 spiro atoms. The van der Waals surface area contributed by atoms with Gasteiger partial charge in [-0.25, -0.2) is 4.79 Å². The molecular weight excluding hydrogens is 166 g/mol. The molecule has 0 heterocycles. The zero-order valence-electron chi connectivity index (χ0n) is 9.57. The number of hydrogen-bond acceptors (Lipinski definition) is 2. The lowest BCUT2D eigenvalue weighted by atomic mass is 9.96. The Bertz CT molecular complexity index is 166. The molecule has 0 aliphatic carbocycles. The summed E-state index contributed by atoms with van der Waals surface area (Å²) in [5.74, 6) is 0.426. The van der Waals surface area contributed by atoms with Gasteiger partial charge in [0.05, 0.1) is 14.1 Å².